The number of carbonyl (C=O) groups is 1. The van der Waals surface area contributed by atoms with Gasteiger partial charge in [0.15, 0.2) is 11.3 Å². The van der Waals surface area contributed by atoms with Crippen LogP contribution in [-0.4, -0.2) is 31.2 Å². The molecule has 0 fully saturated rings. The lowest BCUT2D eigenvalue weighted by Gasteiger charge is -2.11. The summed E-state index contributed by atoms with van der Waals surface area (Å²) < 4.78 is 1.47. The number of nitrogens with two attached hydrogens (primary N) is 1. The van der Waals surface area contributed by atoms with Crippen LogP contribution in [0.25, 0.3) is 16.9 Å². The number of aryl methyl sites for hydroxylation is 1. The second-order valence-electron chi connectivity index (χ2n) is 7.21. The van der Waals surface area contributed by atoms with E-state index in [1.807, 2.05) is 43.0 Å². The Morgan fingerprint density at radius 3 is 2.70 bits per heavy atom. The van der Waals surface area contributed by atoms with E-state index in [4.69, 9.17) is 10.7 Å². The zero-order valence-corrected chi connectivity index (χ0v) is 17.8. The largest absolute Gasteiger partial charge is 0.364 e. The van der Waals surface area contributed by atoms with E-state index in [1.165, 1.54) is 14.4 Å². The predicted molar refractivity (Wildman–Crippen MR) is 121 cm³/mol. The number of allylic oxidation sites excluding steroid dienone is 2. The standard InChI is InChI=1S/C21H19N5O2S2/c1-11-4-6-12(7-5-11)26-20-17(24-21(26)28)16(18(22)27)23-19(25-20)15-9-8-14(30-15)13-3-2-10-29-13/h3-8,15H,2,9-10H2,1H3,(H2,22,27)(H,24,28). The summed E-state index contributed by atoms with van der Waals surface area (Å²) in [5.74, 6) is 0.931. The first-order valence-electron chi connectivity index (χ1n) is 9.61. The molecule has 2 aliphatic rings. The third kappa shape index (κ3) is 3.27. The molecule has 0 aliphatic carbocycles. The van der Waals surface area contributed by atoms with Gasteiger partial charge in [-0.15, -0.1) is 23.5 Å². The molecule has 0 radical (unpaired) electrons. The molecule has 30 heavy (non-hydrogen) atoms. The van der Waals surface area contributed by atoms with Crippen molar-refractivity contribution < 1.29 is 4.79 Å². The lowest BCUT2D eigenvalue weighted by atomic mass is 10.2. The molecule has 9 heteroatoms. The second-order valence-corrected chi connectivity index (χ2v) is 9.59. The number of rotatable bonds is 4. The summed E-state index contributed by atoms with van der Waals surface area (Å²) in [5, 5.41) is -0.0268. The van der Waals surface area contributed by atoms with Gasteiger partial charge in [0.1, 0.15) is 11.3 Å². The second kappa shape index (κ2) is 7.48. The Hall–Kier alpha value is -2.78. The minimum absolute atomic E-state index is 0.0268. The summed E-state index contributed by atoms with van der Waals surface area (Å²) in [7, 11) is 0. The van der Waals surface area contributed by atoms with Gasteiger partial charge in [-0.2, -0.15) is 0 Å². The summed E-state index contributed by atoms with van der Waals surface area (Å²) >= 11 is 3.56. The molecule has 1 amide bonds. The number of nitrogens with one attached hydrogen (secondary N) is 1. The van der Waals surface area contributed by atoms with Crippen LogP contribution in [0.1, 0.15) is 40.0 Å². The van der Waals surface area contributed by atoms with Crippen molar-refractivity contribution in [3.05, 3.63) is 73.8 Å². The Kier molecular flexibility index (Phi) is 4.79. The molecule has 0 spiro atoms. The molecule has 0 saturated heterocycles. The molecule has 3 N–H and O–H groups in total. The van der Waals surface area contributed by atoms with Crippen molar-refractivity contribution in [3.63, 3.8) is 0 Å². The van der Waals surface area contributed by atoms with Gasteiger partial charge in [0, 0.05) is 15.6 Å². The van der Waals surface area contributed by atoms with Gasteiger partial charge >= 0.3 is 5.69 Å². The molecule has 152 valence electrons. The number of amides is 1. The zero-order chi connectivity index (χ0) is 20.8. The van der Waals surface area contributed by atoms with Crippen LogP contribution in [-0.2, 0) is 0 Å². The summed E-state index contributed by atoms with van der Waals surface area (Å²) in [6.45, 7) is 1.98. The maximum atomic E-state index is 12.7. The minimum Gasteiger partial charge on any atom is -0.364 e. The SMILES string of the molecule is Cc1ccc(-n2c(=O)[nH]c3c(C(N)=O)nc(C4CC=C(C5=CCCS5)S4)nc32)cc1. The highest BCUT2D eigenvalue weighted by Crippen LogP contribution is 2.49. The van der Waals surface area contributed by atoms with Crippen molar-refractivity contribution in [3.8, 4) is 5.69 Å². The van der Waals surface area contributed by atoms with Gasteiger partial charge in [0.2, 0.25) is 0 Å². The summed E-state index contributed by atoms with van der Waals surface area (Å²) in [6.07, 6.45) is 6.30. The van der Waals surface area contributed by atoms with Crippen molar-refractivity contribution in [1.29, 1.82) is 0 Å². The number of fused-ring (bicyclic) bond motifs is 1. The van der Waals surface area contributed by atoms with Crippen molar-refractivity contribution in [2.45, 2.75) is 25.0 Å². The zero-order valence-electron chi connectivity index (χ0n) is 16.2. The maximum absolute atomic E-state index is 12.7. The fourth-order valence-electron chi connectivity index (χ4n) is 3.63. The summed E-state index contributed by atoms with van der Waals surface area (Å²) in [6, 6.07) is 7.55. The fourth-order valence-corrected chi connectivity index (χ4v) is 5.97. The lowest BCUT2D eigenvalue weighted by molar-refractivity contribution is 0.0996. The minimum atomic E-state index is -0.689. The van der Waals surface area contributed by atoms with Crippen LogP contribution in [0.5, 0.6) is 0 Å². The first-order chi connectivity index (χ1) is 14.5. The van der Waals surface area contributed by atoms with E-state index in [1.54, 1.807) is 11.8 Å². The first kappa shape index (κ1) is 19.2. The van der Waals surface area contributed by atoms with E-state index in [-0.39, 0.29) is 22.2 Å². The number of hydrogen-bond acceptors (Lipinski definition) is 6. The van der Waals surface area contributed by atoms with Crippen molar-refractivity contribution in [1.82, 2.24) is 19.5 Å². The molecule has 1 unspecified atom stereocenters. The number of primary amides is 1. The summed E-state index contributed by atoms with van der Waals surface area (Å²) in [5.41, 5.74) is 7.65. The van der Waals surface area contributed by atoms with Crippen LogP contribution in [0.3, 0.4) is 0 Å². The smallest absolute Gasteiger partial charge is 0.332 e. The maximum Gasteiger partial charge on any atom is 0.332 e. The van der Waals surface area contributed by atoms with Crippen LogP contribution in [0, 0.1) is 6.92 Å². The number of imidazole rings is 1. The van der Waals surface area contributed by atoms with E-state index >= 15 is 0 Å². The van der Waals surface area contributed by atoms with Crippen molar-refractivity contribution >= 4 is 40.6 Å². The van der Waals surface area contributed by atoms with Crippen molar-refractivity contribution in [2.75, 3.05) is 5.75 Å². The molecule has 2 aliphatic heterocycles. The number of thioether (sulfide) groups is 2. The van der Waals surface area contributed by atoms with Gasteiger partial charge in [0.25, 0.3) is 5.91 Å². The number of aromatic amines is 1. The Morgan fingerprint density at radius 1 is 1.20 bits per heavy atom. The Bertz CT molecular complexity index is 1290. The highest BCUT2D eigenvalue weighted by molar-refractivity contribution is 8.08. The van der Waals surface area contributed by atoms with Crippen LogP contribution in [0.4, 0.5) is 0 Å². The van der Waals surface area contributed by atoms with Gasteiger partial charge in [-0.3, -0.25) is 4.79 Å². The van der Waals surface area contributed by atoms with Crippen LogP contribution in [0.15, 0.2) is 51.0 Å². The van der Waals surface area contributed by atoms with Crippen LogP contribution >= 0.6 is 23.5 Å². The van der Waals surface area contributed by atoms with Gasteiger partial charge in [-0.25, -0.2) is 19.3 Å². The van der Waals surface area contributed by atoms with E-state index in [2.05, 4.69) is 22.1 Å². The molecule has 7 nitrogen and oxygen atoms in total. The topological polar surface area (TPSA) is 107 Å². The van der Waals surface area contributed by atoms with E-state index < -0.39 is 5.91 Å². The Balaban J connectivity index is 1.62. The van der Waals surface area contributed by atoms with E-state index in [9.17, 15) is 9.59 Å². The quantitative estimate of drug-likeness (QED) is 0.646. The molecule has 3 aromatic rings. The Morgan fingerprint density at radius 2 is 2.00 bits per heavy atom. The van der Waals surface area contributed by atoms with Crippen molar-refractivity contribution in [2.24, 2.45) is 5.73 Å². The van der Waals surface area contributed by atoms with Gasteiger partial charge in [-0.1, -0.05) is 29.8 Å². The highest BCUT2D eigenvalue weighted by Gasteiger charge is 2.28. The third-order valence-electron chi connectivity index (χ3n) is 5.10. The number of H-pyrrole nitrogens is 1. The average Bonchev–Trinajstić information content (AvgIpc) is 3.47. The molecular formula is C21H19N5O2S2. The molecule has 5 rings (SSSR count). The monoisotopic (exact) mass is 437 g/mol. The third-order valence-corrected chi connectivity index (χ3v) is 7.70. The number of aromatic nitrogens is 4. The Labute approximate surface area is 180 Å². The first-order valence-corrected chi connectivity index (χ1v) is 11.5. The van der Waals surface area contributed by atoms with Gasteiger partial charge in [-0.05, 0) is 31.9 Å². The average molecular weight is 438 g/mol. The normalized spacial score (nSPS) is 18.6. The number of nitrogens with zero attached hydrogens (tertiary/aromatic N) is 3. The van der Waals surface area contributed by atoms with E-state index in [0.29, 0.717) is 17.2 Å². The summed E-state index contributed by atoms with van der Waals surface area (Å²) in [4.78, 5) is 39.3. The van der Waals surface area contributed by atoms with E-state index in [0.717, 1.165) is 24.2 Å². The molecule has 1 atom stereocenters. The molecule has 0 bridgehead atoms. The fraction of sp³-hybridized carbons (Fsp3) is 0.238. The molecule has 0 saturated carbocycles. The predicted octanol–water partition coefficient (Wildman–Crippen LogP) is 3.60. The molecule has 1 aromatic carbocycles. The van der Waals surface area contributed by atoms with Gasteiger partial charge in [0.05, 0.1) is 10.9 Å². The number of carbonyl (C=O) groups excluding carboxylic acids is 1. The number of benzene rings is 1. The van der Waals surface area contributed by atoms with Gasteiger partial charge < -0.3 is 10.7 Å². The van der Waals surface area contributed by atoms with Crippen LogP contribution in [0.2, 0.25) is 0 Å². The van der Waals surface area contributed by atoms with Crippen LogP contribution < -0.4 is 11.4 Å². The molecule has 2 aromatic heterocycles. The lowest BCUT2D eigenvalue weighted by Crippen LogP contribution is -2.17. The molecular weight excluding hydrogens is 418 g/mol. The molecule has 4 heterocycles. The number of hydrogen-bond donors (Lipinski definition) is 2. The highest BCUT2D eigenvalue weighted by atomic mass is 32.2.